The molecule has 0 spiro atoms. The Bertz CT molecular complexity index is 828. The molecule has 1 aromatic heterocycles. The number of piperidine rings is 3. The van der Waals surface area contributed by atoms with Crippen molar-refractivity contribution in [2.75, 3.05) is 19.6 Å². The number of hydrogen-bond acceptors (Lipinski definition) is 2. The fourth-order valence-electron chi connectivity index (χ4n) is 4.34. The molecule has 2 aromatic carbocycles. The van der Waals surface area contributed by atoms with E-state index in [2.05, 4.69) is 58.1 Å². The lowest BCUT2D eigenvalue weighted by Gasteiger charge is -2.44. The molecule has 0 N–H and O–H groups in total. The normalized spacial score (nSPS) is 26.7. The summed E-state index contributed by atoms with van der Waals surface area (Å²) in [6.45, 7) is 3.72. The molecule has 6 rings (SSSR count). The van der Waals surface area contributed by atoms with Crippen molar-refractivity contribution in [1.29, 1.82) is 0 Å². The lowest BCUT2D eigenvalue weighted by atomic mass is 9.84. The van der Waals surface area contributed by atoms with Crippen LogP contribution in [0.15, 0.2) is 54.7 Å². The van der Waals surface area contributed by atoms with Gasteiger partial charge < -0.3 is 4.90 Å². The summed E-state index contributed by atoms with van der Waals surface area (Å²) in [4.78, 5) is 2.59. The minimum atomic E-state index is 0.553. The van der Waals surface area contributed by atoms with Crippen LogP contribution in [-0.2, 0) is 0 Å². The van der Waals surface area contributed by atoms with Gasteiger partial charge in [0, 0.05) is 11.9 Å². The molecule has 0 saturated carbocycles. The number of aromatic nitrogens is 2. The number of fused-ring (bicyclic) bond motifs is 4. The predicted octanol–water partition coefficient (Wildman–Crippen LogP) is 3.97. The highest BCUT2D eigenvalue weighted by molar-refractivity contribution is 5.84. The van der Waals surface area contributed by atoms with E-state index in [1.54, 1.807) is 0 Å². The van der Waals surface area contributed by atoms with Crippen LogP contribution in [0.4, 0.5) is 0 Å². The molecule has 3 saturated heterocycles. The highest BCUT2D eigenvalue weighted by Crippen LogP contribution is 2.37. The molecule has 3 fully saturated rings. The van der Waals surface area contributed by atoms with Crippen LogP contribution in [0, 0.1) is 5.92 Å². The lowest BCUT2D eigenvalue weighted by Crippen LogP contribution is -2.48. The zero-order valence-electron chi connectivity index (χ0n) is 13.2. The molecule has 3 aliphatic heterocycles. The van der Waals surface area contributed by atoms with Gasteiger partial charge in [-0.2, -0.15) is 5.10 Å². The van der Waals surface area contributed by atoms with Gasteiger partial charge in [-0.15, -0.1) is 0 Å². The minimum absolute atomic E-state index is 0.553. The third-order valence-electron chi connectivity index (χ3n) is 5.64. The van der Waals surface area contributed by atoms with E-state index in [4.69, 9.17) is 5.10 Å². The van der Waals surface area contributed by atoms with Crippen LogP contribution in [-0.4, -0.2) is 34.3 Å². The Kier molecular flexibility index (Phi) is 3.01. The van der Waals surface area contributed by atoms with E-state index >= 15 is 0 Å². The summed E-state index contributed by atoms with van der Waals surface area (Å²) in [5, 5.41) is 6.02. The van der Waals surface area contributed by atoms with Gasteiger partial charge in [0.2, 0.25) is 0 Å². The fraction of sp³-hybridized carbons (Fsp3) is 0.350. The third-order valence-corrected chi connectivity index (χ3v) is 5.64. The van der Waals surface area contributed by atoms with Crippen molar-refractivity contribution in [3.63, 3.8) is 0 Å². The quantitative estimate of drug-likeness (QED) is 0.714. The minimum Gasteiger partial charge on any atom is -0.301 e. The highest BCUT2D eigenvalue weighted by atomic mass is 15.3. The van der Waals surface area contributed by atoms with Crippen molar-refractivity contribution in [2.45, 2.75) is 18.9 Å². The number of hydrogen-bond donors (Lipinski definition) is 0. The second-order valence-corrected chi connectivity index (χ2v) is 6.93. The number of rotatable bonds is 2. The average Bonchev–Trinajstić information content (AvgIpc) is 3.06. The SMILES string of the molecule is c1ccc(-c2ccc3c(cnn3[C@H]3CN4CCC3CC4)c2)cc1. The van der Waals surface area contributed by atoms with E-state index in [0.29, 0.717) is 6.04 Å². The Morgan fingerprint density at radius 3 is 2.48 bits per heavy atom. The first-order valence-electron chi connectivity index (χ1n) is 8.63. The smallest absolute Gasteiger partial charge is 0.0686 e. The standard InChI is InChI=1S/C20H21N3/c1-2-4-15(5-3-1)17-6-7-19-18(12-17)13-21-23(19)20-14-22-10-8-16(20)9-11-22/h1-7,12-13,16,20H,8-11,14H2/t20-/m0/s1. The molecule has 2 bridgehead atoms. The van der Waals surface area contributed by atoms with Gasteiger partial charge in [0.05, 0.1) is 17.8 Å². The van der Waals surface area contributed by atoms with E-state index in [1.807, 2.05) is 6.20 Å². The maximum absolute atomic E-state index is 4.76. The molecule has 0 aliphatic carbocycles. The van der Waals surface area contributed by atoms with Gasteiger partial charge in [0.15, 0.2) is 0 Å². The monoisotopic (exact) mass is 303 g/mol. The molecule has 23 heavy (non-hydrogen) atoms. The third kappa shape index (κ3) is 2.19. The molecule has 3 nitrogen and oxygen atoms in total. The molecule has 3 aliphatic rings. The topological polar surface area (TPSA) is 21.1 Å². The van der Waals surface area contributed by atoms with Crippen LogP contribution in [0.3, 0.4) is 0 Å². The maximum Gasteiger partial charge on any atom is 0.0686 e. The summed E-state index contributed by atoms with van der Waals surface area (Å²) >= 11 is 0. The summed E-state index contributed by atoms with van der Waals surface area (Å²) in [5.41, 5.74) is 3.82. The van der Waals surface area contributed by atoms with Crippen molar-refractivity contribution >= 4 is 10.9 Å². The van der Waals surface area contributed by atoms with E-state index in [1.165, 1.54) is 54.5 Å². The van der Waals surface area contributed by atoms with E-state index in [9.17, 15) is 0 Å². The lowest BCUT2D eigenvalue weighted by molar-refractivity contribution is 0.0534. The van der Waals surface area contributed by atoms with Gasteiger partial charge in [-0.05, 0) is 55.1 Å². The first-order chi connectivity index (χ1) is 11.4. The van der Waals surface area contributed by atoms with E-state index < -0.39 is 0 Å². The Balaban J connectivity index is 1.55. The van der Waals surface area contributed by atoms with Crippen molar-refractivity contribution in [2.24, 2.45) is 5.92 Å². The van der Waals surface area contributed by atoms with Gasteiger partial charge >= 0.3 is 0 Å². The molecule has 1 atom stereocenters. The van der Waals surface area contributed by atoms with Crippen LogP contribution >= 0.6 is 0 Å². The van der Waals surface area contributed by atoms with Gasteiger partial charge in [-0.25, -0.2) is 0 Å². The second kappa shape index (κ2) is 5.20. The maximum atomic E-state index is 4.76. The molecular weight excluding hydrogens is 282 g/mol. The Morgan fingerprint density at radius 1 is 0.913 bits per heavy atom. The van der Waals surface area contributed by atoms with Crippen molar-refractivity contribution in [3.8, 4) is 11.1 Å². The van der Waals surface area contributed by atoms with Crippen molar-refractivity contribution < 1.29 is 0 Å². The molecule has 0 unspecified atom stereocenters. The molecule has 3 aromatic rings. The first-order valence-corrected chi connectivity index (χ1v) is 8.63. The van der Waals surface area contributed by atoms with Gasteiger partial charge in [0.25, 0.3) is 0 Å². The second-order valence-electron chi connectivity index (χ2n) is 6.93. The van der Waals surface area contributed by atoms with Crippen LogP contribution in [0.5, 0.6) is 0 Å². The fourth-order valence-corrected chi connectivity index (χ4v) is 4.34. The van der Waals surface area contributed by atoms with E-state index in [-0.39, 0.29) is 0 Å². The summed E-state index contributed by atoms with van der Waals surface area (Å²) in [7, 11) is 0. The van der Waals surface area contributed by atoms with Gasteiger partial charge in [0.1, 0.15) is 0 Å². The predicted molar refractivity (Wildman–Crippen MR) is 93.4 cm³/mol. The van der Waals surface area contributed by atoms with Gasteiger partial charge in [-0.3, -0.25) is 4.68 Å². The summed E-state index contributed by atoms with van der Waals surface area (Å²) in [5.74, 6) is 0.803. The van der Waals surface area contributed by atoms with Crippen LogP contribution in [0.2, 0.25) is 0 Å². The summed E-state index contributed by atoms with van der Waals surface area (Å²) < 4.78 is 2.29. The van der Waals surface area contributed by atoms with Crippen LogP contribution < -0.4 is 0 Å². The first kappa shape index (κ1) is 13.3. The zero-order chi connectivity index (χ0) is 15.2. The largest absolute Gasteiger partial charge is 0.301 e. The van der Waals surface area contributed by atoms with Gasteiger partial charge in [-0.1, -0.05) is 36.4 Å². The average molecular weight is 303 g/mol. The van der Waals surface area contributed by atoms with Crippen LogP contribution in [0.25, 0.3) is 22.0 Å². The van der Waals surface area contributed by atoms with Crippen molar-refractivity contribution in [3.05, 3.63) is 54.7 Å². The highest BCUT2D eigenvalue weighted by Gasteiger charge is 2.36. The number of nitrogens with zero attached hydrogens (tertiary/aromatic N) is 3. The molecule has 0 radical (unpaired) electrons. The number of benzene rings is 2. The zero-order valence-corrected chi connectivity index (χ0v) is 13.2. The Hall–Kier alpha value is -2.13. The molecule has 4 heterocycles. The van der Waals surface area contributed by atoms with Crippen molar-refractivity contribution in [1.82, 2.24) is 14.7 Å². The molecule has 3 heteroatoms. The Morgan fingerprint density at radius 2 is 1.74 bits per heavy atom. The Labute approximate surface area is 136 Å². The molecular formula is C20H21N3. The summed E-state index contributed by atoms with van der Waals surface area (Å²) in [6.07, 6.45) is 4.70. The molecule has 0 amide bonds. The molecule has 116 valence electrons. The van der Waals surface area contributed by atoms with E-state index in [0.717, 1.165) is 5.92 Å². The summed E-state index contributed by atoms with van der Waals surface area (Å²) in [6, 6.07) is 17.9. The van der Waals surface area contributed by atoms with Crippen LogP contribution in [0.1, 0.15) is 18.9 Å².